The Bertz CT molecular complexity index is 1620. The number of anilines is 1. The molecule has 0 fully saturated rings. The lowest BCUT2D eigenvalue weighted by Gasteiger charge is -2.18. The Labute approximate surface area is 232 Å². The molecule has 0 saturated carbocycles. The number of hydrogen-bond donors (Lipinski definition) is 2. The number of benzene rings is 3. The number of para-hydroxylation sites is 1. The predicted octanol–water partition coefficient (Wildman–Crippen LogP) is 6.27. The molecule has 2 N–H and O–H groups in total. The lowest BCUT2D eigenvalue weighted by Crippen LogP contribution is -2.16. The van der Waals surface area contributed by atoms with Crippen molar-refractivity contribution in [2.45, 2.75) is 31.7 Å². The van der Waals surface area contributed by atoms with Gasteiger partial charge >= 0.3 is 5.97 Å². The molecule has 6 rings (SSSR count). The topological polar surface area (TPSA) is 98.5 Å². The maximum Gasteiger partial charge on any atom is 0.305 e. The van der Waals surface area contributed by atoms with Gasteiger partial charge in [-0.2, -0.15) is 5.10 Å². The minimum absolute atomic E-state index is 0.1000. The molecule has 0 spiro atoms. The van der Waals surface area contributed by atoms with E-state index in [0.717, 1.165) is 70.8 Å². The van der Waals surface area contributed by atoms with Crippen LogP contribution in [0.2, 0.25) is 0 Å². The summed E-state index contributed by atoms with van der Waals surface area (Å²) in [6.45, 7) is 1.52. The summed E-state index contributed by atoms with van der Waals surface area (Å²) in [5, 5.41) is 18.5. The van der Waals surface area contributed by atoms with Gasteiger partial charge in [0.25, 0.3) is 0 Å². The van der Waals surface area contributed by atoms with Crippen molar-refractivity contribution in [1.29, 1.82) is 0 Å². The van der Waals surface area contributed by atoms with E-state index in [4.69, 9.17) is 14.5 Å². The number of pyridine rings is 1. The Morgan fingerprint density at radius 2 is 1.77 bits per heavy atom. The fourth-order valence-corrected chi connectivity index (χ4v) is 5.05. The number of nitrogens with one attached hydrogen (secondary N) is 1. The molecule has 3 aromatic carbocycles. The van der Waals surface area contributed by atoms with Crippen molar-refractivity contribution in [3.8, 4) is 17.2 Å². The highest BCUT2D eigenvalue weighted by molar-refractivity contribution is 5.81. The van der Waals surface area contributed by atoms with Crippen LogP contribution >= 0.6 is 0 Å². The van der Waals surface area contributed by atoms with Gasteiger partial charge in [0.2, 0.25) is 0 Å². The van der Waals surface area contributed by atoms with Crippen molar-refractivity contribution in [3.05, 3.63) is 108 Å². The molecule has 0 radical (unpaired) electrons. The van der Waals surface area contributed by atoms with Gasteiger partial charge in [-0.3, -0.25) is 14.5 Å². The number of aromatic nitrogens is 3. The summed E-state index contributed by atoms with van der Waals surface area (Å²) in [4.78, 5) is 16.6. The second-order valence-corrected chi connectivity index (χ2v) is 9.83. The van der Waals surface area contributed by atoms with Crippen LogP contribution < -0.4 is 14.8 Å². The van der Waals surface area contributed by atoms with Gasteiger partial charge in [-0.15, -0.1) is 0 Å². The molecule has 1 aliphatic heterocycles. The Morgan fingerprint density at radius 3 is 2.60 bits per heavy atom. The van der Waals surface area contributed by atoms with E-state index in [1.807, 2.05) is 72.8 Å². The quantitative estimate of drug-likeness (QED) is 0.218. The highest BCUT2D eigenvalue weighted by atomic mass is 16.5. The summed E-state index contributed by atoms with van der Waals surface area (Å²) in [5.41, 5.74) is 4.96. The van der Waals surface area contributed by atoms with E-state index in [0.29, 0.717) is 12.4 Å². The number of carbonyl (C=O) groups is 1. The number of aliphatic carboxylic acids is 1. The largest absolute Gasteiger partial charge is 0.493 e. The van der Waals surface area contributed by atoms with Gasteiger partial charge in [0, 0.05) is 24.0 Å². The van der Waals surface area contributed by atoms with Crippen molar-refractivity contribution in [2.75, 3.05) is 18.5 Å². The molecule has 0 amide bonds. The van der Waals surface area contributed by atoms with Gasteiger partial charge in [-0.05, 0) is 73.0 Å². The number of hydrogen-bond acceptors (Lipinski definition) is 6. The third kappa shape index (κ3) is 5.76. The monoisotopic (exact) mass is 534 g/mol. The van der Waals surface area contributed by atoms with Gasteiger partial charge in [-0.25, -0.2) is 0 Å². The van der Waals surface area contributed by atoms with Crippen molar-refractivity contribution in [3.63, 3.8) is 0 Å². The molecular formula is C32H30N4O4. The van der Waals surface area contributed by atoms with Gasteiger partial charge in [0.15, 0.2) is 0 Å². The third-order valence-corrected chi connectivity index (χ3v) is 7.04. The number of nitrogens with zero attached hydrogens (tertiary/aromatic N) is 3. The van der Waals surface area contributed by atoms with E-state index in [9.17, 15) is 9.90 Å². The molecule has 1 atom stereocenters. The highest BCUT2D eigenvalue weighted by Crippen LogP contribution is 2.30. The van der Waals surface area contributed by atoms with Crippen LogP contribution in [0.25, 0.3) is 10.9 Å². The first-order valence-corrected chi connectivity index (χ1v) is 13.5. The fraction of sp³-hybridized carbons (Fsp3) is 0.219. The molecule has 0 aliphatic carbocycles. The molecule has 202 valence electrons. The molecule has 3 heterocycles. The van der Waals surface area contributed by atoms with E-state index in [1.165, 1.54) is 0 Å². The van der Waals surface area contributed by atoms with Crippen LogP contribution in [0.5, 0.6) is 17.2 Å². The molecule has 0 bridgehead atoms. The molecule has 40 heavy (non-hydrogen) atoms. The van der Waals surface area contributed by atoms with Gasteiger partial charge < -0.3 is 19.9 Å². The van der Waals surface area contributed by atoms with Crippen molar-refractivity contribution in [2.24, 2.45) is 0 Å². The lowest BCUT2D eigenvalue weighted by molar-refractivity contribution is -0.137. The van der Waals surface area contributed by atoms with E-state index in [2.05, 4.69) is 22.5 Å². The third-order valence-electron chi connectivity index (χ3n) is 7.04. The molecule has 8 nitrogen and oxygen atoms in total. The molecular weight excluding hydrogens is 504 g/mol. The van der Waals surface area contributed by atoms with E-state index < -0.39 is 12.0 Å². The number of fused-ring (bicyclic) bond motifs is 2. The van der Waals surface area contributed by atoms with Crippen molar-refractivity contribution in [1.82, 2.24) is 14.8 Å². The number of carboxylic acid groups (broad SMARTS) is 1. The zero-order valence-electron chi connectivity index (χ0n) is 22.0. The minimum Gasteiger partial charge on any atom is -0.493 e. The number of ether oxygens (including phenoxy) is 2. The van der Waals surface area contributed by atoms with Gasteiger partial charge in [0.05, 0.1) is 42.2 Å². The smallest absolute Gasteiger partial charge is 0.305 e. The predicted molar refractivity (Wildman–Crippen MR) is 153 cm³/mol. The first-order valence-electron chi connectivity index (χ1n) is 13.5. The van der Waals surface area contributed by atoms with Crippen LogP contribution in [0.3, 0.4) is 0 Å². The molecule has 8 heteroatoms. The number of rotatable bonds is 10. The van der Waals surface area contributed by atoms with Crippen LogP contribution in [0.15, 0.2) is 91.1 Å². The summed E-state index contributed by atoms with van der Waals surface area (Å²) in [6.07, 6.45) is 4.48. The maximum absolute atomic E-state index is 11.8. The average molecular weight is 535 g/mol. The Kier molecular flexibility index (Phi) is 7.30. The first kappa shape index (κ1) is 25.4. The standard InChI is InChI=1S/C32H30N4O4/c37-32(38)20-31(22-8-11-26(12-9-22)40-25-5-2-1-3-6-25)36-30-15-13-27(19-23(30)21-34-36)39-18-16-24-10-14-28-29(35-24)7-4-17-33-28/h1-3,5-6,8-15,19,21,31,33H,4,7,16-18,20H2,(H,37,38). The van der Waals surface area contributed by atoms with Crippen molar-refractivity contribution >= 4 is 22.6 Å². The number of aryl methyl sites for hydroxylation is 1. The first-order chi connectivity index (χ1) is 19.6. The summed E-state index contributed by atoms with van der Waals surface area (Å²) in [6, 6.07) is 26.5. The van der Waals surface area contributed by atoms with Crippen LogP contribution in [-0.2, 0) is 17.6 Å². The van der Waals surface area contributed by atoms with Crippen LogP contribution in [-0.4, -0.2) is 39.0 Å². The Morgan fingerprint density at radius 1 is 0.975 bits per heavy atom. The van der Waals surface area contributed by atoms with E-state index >= 15 is 0 Å². The van der Waals surface area contributed by atoms with Crippen LogP contribution in [0.4, 0.5) is 5.69 Å². The second kappa shape index (κ2) is 11.5. The fourth-order valence-electron chi connectivity index (χ4n) is 5.05. The average Bonchev–Trinajstić information content (AvgIpc) is 3.40. The highest BCUT2D eigenvalue weighted by Gasteiger charge is 2.21. The molecule has 0 saturated heterocycles. The summed E-state index contributed by atoms with van der Waals surface area (Å²) >= 11 is 0. The molecule has 2 aromatic heterocycles. The van der Waals surface area contributed by atoms with Crippen LogP contribution in [0.1, 0.15) is 35.8 Å². The van der Waals surface area contributed by atoms with Crippen LogP contribution in [0, 0.1) is 0 Å². The summed E-state index contributed by atoms with van der Waals surface area (Å²) in [7, 11) is 0. The van der Waals surface area contributed by atoms with Gasteiger partial charge in [-0.1, -0.05) is 30.3 Å². The Hall–Kier alpha value is -4.85. The Balaban J connectivity index is 1.16. The lowest BCUT2D eigenvalue weighted by atomic mass is 10.0. The number of carboxylic acids is 1. The summed E-state index contributed by atoms with van der Waals surface area (Å²) in [5.74, 6) is 1.26. The second-order valence-electron chi connectivity index (χ2n) is 9.83. The van der Waals surface area contributed by atoms with E-state index in [-0.39, 0.29) is 6.42 Å². The molecule has 1 aliphatic rings. The van der Waals surface area contributed by atoms with Crippen molar-refractivity contribution < 1.29 is 19.4 Å². The zero-order valence-corrected chi connectivity index (χ0v) is 22.0. The zero-order chi connectivity index (χ0) is 27.3. The summed E-state index contributed by atoms with van der Waals surface area (Å²) < 4.78 is 13.7. The maximum atomic E-state index is 11.8. The minimum atomic E-state index is -0.898. The SMILES string of the molecule is O=C(O)CC(c1ccc(Oc2ccccc2)cc1)n1ncc2cc(OCCc3ccc4c(n3)CCCN4)ccc21. The molecule has 5 aromatic rings. The van der Waals surface area contributed by atoms with Gasteiger partial charge in [0.1, 0.15) is 17.2 Å². The molecule has 1 unspecified atom stereocenters. The van der Waals surface area contributed by atoms with E-state index in [1.54, 1.807) is 10.9 Å². The normalized spacial score (nSPS) is 13.3.